The van der Waals surface area contributed by atoms with Crippen LogP contribution >= 0.6 is 11.3 Å². The molecule has 3 heterocycles. The number of carbonyl (C=O) groups is 3. The highest BCUT2D eigenvalue weighted by Gasteiger charge is 2.49. The molecule has 12 nitrogen and oxygen atoms in total. The number of nitrogens with zero attached hydrogens (tertiary/aromatic N) is 3. The summed E-state index contributed by atoms with van der Waals surface area (Å²) < 4.78 is 23.2. The zero-order valence-electron chi connectivity index (χ0n) is 16.4. The highest BCUT2D eigenvalue weighted by Crippen LogP contribution is 2.38. The van der Waals surface area contributed by atoms with Crippen LogP contribution in [0.2, 0.25) is 0 Å². The average Bonchev–Trinajstić information content (AvgIpc) is 3.13. The standard InChI is InChI=1S/C17H20N4O8S/c1-7(22)26-5-10-11(6-27-8(2)23)29-15(13(10)28-9(3)24)21-14-12(30-17(21)25)4-19-16(18)20-14/h4,10-11,13,15H,5-6H2,1-3H3,(H2,18,19,20)/t10-,11-,13-,15?/m1/s1. The molecule has 0 aromatic carbocycles. The van der Waals surface area contributed by atoms with E-state index in [1.54, 1.807) is 0 Å². The van der Waals surface area contributed by atoms with Gasteiger partial charge in [-0.2, -0.15) is 4.98 Å². The predicted octanol–water partition coefficient (Wildman–Crippen LogP) is 0.00670. The van der Waals surface area contributed by atoms with E-state index in [1.807, 2.05) is 0 Å². The molecule has 1 aliphatic rings. The Hall–Kier alpha value is -3.06. The van der Waals surface area contributed by atoms with Gasteiger partial charge in [0.1, 0.15) is 19.3 Å². The molecule has 13 heteroatoms. The number of fused-ring (bicyclic) bond motifs is 1. The van der Waals surface area contributed by atoms with Crippen molar-refractivity contribution >= 4 is 45.5 Å². The molecule has 2 aromatic heterocycles. The molecule has 3 rings (SSSR count). The smallest absolute Gasteiger partial charge is 0.311 e. The van der Waals surface area contributed by atoms with Gasteiger partial charge in [-0.15, -0.1) is 0 Å². The van der Waals surface area contributed by atoms with Gasteiger partial charge in [0.25, 0.3) is 0 Å². The van der Waals surface area contributed by atoms with Crippen LogP contribution in [-0.4, -0.2) is 57.9 Å². The molecular weight excluding hydrogens is 420 g/mol. The second kappa shape index (κ2) is 8.75. The molecule has 2 aromatic rings. The monoisotopic (exact) mass is 440 g/mol. The Morgan fingerprint density at radius 3 is 2.47 bits per heavy atom. The molecule has 1 fully saturated rings. The first kappa shape index (κ1) is 21.6. The van der Waals surface area contributed by atoms with Crippen molar-refractivity contribution in [2.75, 3.05) is 18.9 Å². The number of hydrogen-bond acceptors (Lipinski definition) is 12. The fourth-order valence-corrected chi connectivity index (χ4v) is 3.99. The van der Waals surface area contributed by atoms with Gasteiger partial charge in [0.05, 0.1) is 16.8 Å². The van der Waals surface area contributed by atoms with E-state index in [4.69, 9.17) is 24.7 Å². The van der Waals surface area contributed by atoms with Crippen molar-refractivity contribution in [3.8, 4) is 0 Å². The minimum atomic E-state index is -1.11. The molecule has 2 N–H and O–H groups in total. The third kappa shape index (κ3) is 4.57. The lowest BCUT2D eigenvalue weighted by Crippen LogP contribution is -2.37. The molecule has 4 atom stereocenters. The third-order valence-electron chi connectivity index (χ3n) is 4.36. The molecular formula is C17H20N4O8S. The summed E-state index contributed by atoms with van der Waals surface area (Å²) in [6.45, 7) is 3.29. The number of nitrogens with two attached hydrogens (primary N) is 1. The van der Waals surface area contributed by atoms with Crippen LogP contribution in [0, 0.1) is 5.92 Å². The van der Waals surface area contributed by atoms with E-state index < -0.39 is 47.1 Å². The van der Waals surface area contributed by atoms with Gasteiger partial charge in [0.2, 0.25) is 5.95 Å². The highest BCUT2D eigenvalue weighted by molar-refractivity contribution is 7.16. The van der Waals surface area contributed by atoms with Crippen molar-refractivity contribution in [1.82, 2.24) is 14.5 Å². The van der Waals surface area contributed by atoms with Gasteiger partial charge in [-0.1, -0.05) is 11.3 Å². The van der Waals surface area contributed by atoms with Gasteiger partial charge in [0.15, 0.2) is 18.0 Å². The molecule has 30 heavy (non-hydrogen) atoms. The summed E-state index contributed by atoms with van der Waals surface area (Å²) in [5, 5.41) is 0. The van der Waals surface area contributed by atoms with Crippen LogP contribution in [0.15, 0.2) is 11.0 Å². The van der Waals surface area contributed by atoms with Crippen LogP contribution in [0.3, 0.4) is 0 Å². The Morgan fingerprint density at radius 1 is 1.17 bits per heavy atom. The summed E-state index contributed by atoms with van der Waals surface area (Å²) in [6, 6.07) is 0. The van der Waals surface area contributed by atoms with Crippen LogP contribution in [0.5, 0.6) is 0 Å². The van der Waals surface area contributed by atoms with E-state index >= 15 is 0 Å². The molecule has 0 amide bonds. The molecule has 0 spiro atoms. The van der Waals surface area contributed by atoms with Crippen molar-refractivity contribution in [1.29, 1.82) is 0 Å². The number of rotatable bonds is 6. The van der Waals surface area contributed by atoms with E-state index in [1.165, 1.54) is 31.5 Å². The van der Waals surface area contributed by atoms with Crippen LogP contribution in [0.25, 0.3) is 10.3 Å². The van der Waals surface area contributed by atoms with Gasteiger partial charge in [-0.05, 0) is 0 Å². The molecule has 1 saturated heterocycles. The maximum Gasteiger partial charge on any atom is 0.311 e. The lowest BCUT2D eigenvalue weighted by Gasteiger charge is -2.23. The van der Waals surface area contributed by atoms with Crippen LogP contribution < -0.4 is 10.6 Å². The Kier molecular flexibility index (Phi) is 6.31. The summed E-state index contributed by atoms with van der Waals surface area (Å²) in [5.41, 5.74) is 5.87. The van der Waals surface area contributed by atoms with Crippen molar-refractivity contribution in [3.63, 3.8) is 0 Å². The lowest BCUT2D eigenvalue weighted by molar-refractivity contribution is -0.155. The van der Waals surface area contributed by atoms with E-state index in [0.717, 1.165) is 11.3 Å². The first-order valence-electron chi connectivity index (χ1n) is 8.90. The van der Waals surface area contributed by atoms with E-state index in [-0.39, 0.29) is 24.8 Å². The number of carbonyl (C=O) groups excluding carboxylic acids is 3. The summed E-state index contributed by atoms with van der Waals surface area (Å²) in [6.07, 6.45) is -1.54. The Balaban J connectivity index is 2.05. The van der Waals surface area contributed by atoms with Crippen LogP contribution in [0.4, 0.5) is 5.95 Å². The number of hydrogen-bond donors (Lipinski definition) is 1. The molecule has 0 aliphatic carbocycles. The number of aromatic nitrogens is 3. The topological polar surface area (TPSA) is 162 Å². The fraction of sp³-hybridized carbons (Fsp3) is 0.529. The molecule has 0 bridgehead atoms. The molecule has 0 saturated carbocycles. The maximum atomic E-state index is 12.7. The van der Waals surface area contributed by atoms with Crippen LogP contribution in [-0.2, 0) is 33.3 Å². The maximum absolute atomic E-state index is 12.7. The number of esters is 3. The molecule has 1 unspecified atom stereocenters. The Labute approximate surface area is 173 Å². The van der Waals surface area contributed by atoms with E-state index in [9.17, 15) is 19.2 Å². The highest BCUT2D eigenvalue weighted by atomic mass is 32.1. The minimum absolute atomic E-state index is 0.0518. The van der Waals surface area contributed by atoms with Gasteiger partial charge >= 0.3 is 22.8 Å². The van der Waals surface area contributed by atoms with Gasteiger partial charge in [-0.3, -0.25) is 23.7 Å². The van der Waals surface area contributed by atoms with E-state index in [2.05, 4.69) is 9.97 Å². The summed E-state index contributed by atoms with van der Waals surface area (Å²) in [4.78, 5) is 54.6. The molecule has 162 valence electrons. The first-order chi connectivity index (χ1) is 14.2. The van der Waals surface area contributed by atoms with Gasteiger partial charge in [0, 0.05) is 20.8 Å². The van der Waals surface area contributed by atoms with Crippen molar-refractivity contribution in [2.45, 2.75) is 39.2 Å². The predicted molar refractivity (Wildman–Crippen MR) is 102 cm³/mol. The fourth-order valence-electron chi connectivity index (χ4n) is 3.18. The van der Waals surface area contributed by atoms with Crippen LogP contribution in [0.1, 0.15) is 27.0 Å². The Morgan fingerprint density at radius 2 is 1.83 bits per heavy atom. The summed E-state index contributed by atoms with van der Waals surface area (Å²) in [7, 11) is 0. The largest absolute Gasteiger partial charge is 0.465 e. The molecule has 1 aliphatic heterocycles. The zero-order valence-corrected chi connectivity index (χ0v) is 17.2. The number of thiazole rings is 1. The molecule has 0 radical (unpaired) electrons. The normalized spacial score (nSPS) is 23.3. The quantitative estimate of drug-likeness (QED) is 0.475. The van der Waals surface area contributed by atoms with Gasteiger partial charge in [-0.25, -0.2) is 4.98 Å². The van der Waals surface area contributed by atoms with Crippen molar-refractivity contribution in [2.24, 2.45) is 5.92 Å². The van der Waals surface area contributed by atoms with Crippen molar-refractivity contribution < 1.29 is 33.3 Å². The zero-order chi connectivity index (χ0) is 22.0. The van der Waals surface area contributed by atoms with E-state index in [0.29, 0.717) is 4.70 Å². The SMILES string of the molecule is CC(=O)OC[C@@H]1[C@@H](COC(C)=O)OC(n2c(=O)sc3cnc(N)nc32)[C@@H]1OC(C)=O. The Bertz CT molecular complexity index is 1030. The second-order valence-corrected chi connectivity index (χ2v) is 7.56. The first-order valence-corrected chi connectivity index (χ1v) is 9.72. The average molecular weight is 440 g/mol. The summed E-state index contributed by atoms with van der Waals surface area (Å²) in [5.74, 6) is -2.48. The lowest BCUT2D eigenvalue weighted by atomic mass is 9.99. The number of anilines is 1. The second-order valence-electron chi connectivity index (χ2n) is 6.56. The van der Waals surface area contributed by atoms with Crippen molar-refractivity contribution in [3.05, 3.63) is 15.9 Å². The minimum Gasteiger partial charge on any atom is -0.465 e. The van der Waals surface area contributed by atoms with Gasteiger partial charge < -0.3 is 24.7 Å². The summed E-state index contributed by atoms with van der Waals surface area (Å²) >= 11 is 0.870. The third-order valence-corrected chi connectivity index (χ3v) is 5.24. The number of nitrogen functional groups attached to an aromatic ring is 1. The number of ether oxygens (including phenoxy) is 4.